The van der Waals surface area contributed by atoms with Crippen LogP contribution in [-0.2, 0) is 9.59 Å². The van der Waals surface area contributed by atoms with E-state index < -0.39 is 11.8 Å². The molecule has 0 aliphatic carbocycles. The van der Waals surface area contributed by atoms with Gasteiger partial charge in [0.15, 0.2) is 6.29 Å². The fourth-order valence-electron chi connectivity index (χ4n) is 1.20. The molecule has 1 aliphatic heterocycles. The zero-order chi connectivity index (χ0) is 13.5. The molecule has 1 fully saturated rings. The van der Waals surface area contributed by atoms with Crippen LogP contribution in [0.1, 0.15) is 0 Å². The van der Waals surface area contributed by atoms with Crippen LogP contribution in [0.5, 0.6) is 0 Å². The van der Waals surface area contributed by atoms with Gasteiger partial charge in [-0.2, -0.15) is 0 Å². The Morgan fingerprint density at radius 1 is 1.44 bits per heavy atom. The van der Waals surface area contributed by atoms with Crippen molar-refractivity contribution in [3.05, 3.63) is 45.8 Å². The number of hydrogen-bond acceptors (Lipinski definition) is 4. The van der Waals surface area contributed by atoms with E-state index >= 15 is 0 Å². The lowest BCUT2D eigenvalue weighted by atomic mass is 10.2. The molecule has 3 nitrogen and oxygen atoms in total. The van der Waals surface area contributed by atoms with Gasteiger partial charge < -0.3 is 0 Å². The topological polar surface area (TPSA) is 46.2 Å². The van der Waals surface area contributed by atoms with Crippen LogP contribution >= 0.6 is 35.0 Å². The number of Topliss-reactive ketones (excluding diaryl/α,β-unsaturated/α-hetero) is 1. The van der Waals surface area contributed by atoms with E-state index in [1.54, 1.807) is 18.2 Å². The lowest BCUT2D eigenvalue weighted by Crippen LogP contribution is -2.32. The van der Waals surface area contributed by atoms with E-state index in [1.807, 2.05) is 6.07 Å². The number of hydrogen-bond donors (Lipinski definition) is 1. The molecule has 1 unspecified atom stereocenters. The summed E-state index contributed by atoms with van der Waals surface area (Å²) in [5, 5.41) is 4.20. The van der Waals surface area contributed by atoms with Crippen molar-refractivity contribution in [1.29, 1.82) is 0 Å². The first-order valence-electron chi connectivity index (χ1n) is 4.99. The third kappa shape index (κ3) is 4.82. The summed E-state index contributed by atoms with van der Waals surface area (Å²) in [6, 6.07) is 6.64. The molecular weight excluding hydrogens is 293 g/mol. The summed E-state index contributed by atoms with van der Waals surface area (Å²) in [6.45, 7) is 3.63. The average Bonchev–Trinajstić information content (AvgIpc) is 2.75. The molecule has 96 valence electrons. The molecule has 0 saturated carbocycles. The summed E-state index contributed by atoms with van der Waals surface area (Å²) >= 11 is 12.6. The standard InChI is InChI=1S/C6H4Cl2.C6H7NO2S/c7-5-2-1-3-6(8)4-5;1-4-6(5(9)2-8)7-3-10-4/h1-4H;2,6-7H,1,3H2. The summed E-state index contributed by atoms with van der Waals surface area (Å²) in [6.07, 6.45) is 0.328. The van der Waals surface area contributed by atoms with E-state index in [0.717, 1.165) is 4.91 Å². The third-order valence-corrected chi connectivity index (χ3v) is 3.44. The third-order valence-electron chi connectivity index (χ3n) is 2.05. The van der Waals surface area contributed by atoms with Crippen LogP contribution in [0.25, 0.3) is 0 Å². The molecule has 0 aromatic heterocycles. The Labute approximate surface area is 120 Å². The van der Waals surface area contributed by atoms with Crippen LogP contribution in [-0.4, -0.2) is 24.0 Å². The van der Waals surface area contributed by atoms with Crippen LogP contribution in [0.2, 0.25) is 10.0 Å². The Bertz CT molecular complexity index is 448. The second kappa shape index (κ2) is 7.59. The molecule has 0 amide bonds. The molecule has 2 rings (SSSR count). The van der Waals surface area contributed by atoms with Gasteiger partial charge in [0.1, 0.15) is 6.04 Å². The second-order valence-corrected chi connectivity index (χ2v) is 5.33. The minimum absolute atomic E-state index is 0.328. The number of ketones is 1. The van der Waals surface area contributed by atoms with E-state index in [-0.39, 0.29) is 0 Å². The van der Waals surface area contributed by atoms with Gasteiger partial charge in [0.2, 0.25) is 5.78 Å². The molecule has 0 spiro atoms. The van der Waals surface area contributed by atoms with E-state index in [4.69, 9.17) is 23.2 Å². The maximum atomic E-state index is 10.7. The highest BCUT2D eigenvalue weighted by Crippen LogP contribution is 2.22. The molecule has 1 heterocycles. The van der Waals surface area contributed by atoms with Gasteiger partial charge in [-0.3, -0.25) is 14.9 Å². The molecule has 1 aromatic rings. The van der Waals surface area contributed by atoms with E-state index in [9.17, 15) is 9.59 Å². The predicted octanol–water partition coefficient (Wildman–Crippen LogP) is 2.92. The maximum absolute atomic E-state index is 10.7. The molecule has 18 heavy (non-hydrogen) atoms. The van der Waals surface area contributed by atoms with Gasteiger partial charge in [0.05, 0.1) is 0 Å². The van der Waals surface area contributed by atoms with Crippen LogP contribution in [0.4, 0.5) is 0 Å². The number of carbonyl (C=O) groups is 2. The first-order valence-corrected chi connectivity index (χ1v) is 6.74. The van der Waals surface area contributed by atoms with Gasteiger partial charge in [-0.15, -0.1) is 11.8 Å². The lowest BCUT2D eigenvalue weighted by Gasteiger charge is -2.02. The van der Waals surface area contributed by atoms with E-state index in [0.29, 0.717) is 22.2 Å². The van der Waals surface area contributed by atoms with Crippen molar-refractivity contribution < 1.29 is 9.59 Å². The molecule has 1 N–H and O–H groups in total. The summed E-state index contributed by atoms with van der Waals surface area (Å²) in [5.41, 5.74) is 0. The van der Waals surface area contributed by atoms with Crippen molar-refractivity contribution in [2.45, 2.75) is 6.04 Å². The molecule has 1 atom stereocenters. The number of benzene rings is 1. The Kier molecular flexibility index (Phi) is 6.43. The van der Waals surface area contributed by atoms with Gasteiger partial charge in [0, 0.05) is 20.8 Å². The van der Waals surface area contributed by atoms with Crippen molar-refractivity contribution in [3.63, 3.8) is 0 Å². The molecule has 6 heteroatoms. The Hall–Kier alpha value is -0.810. The number of rotatable bonds is 2. The molecular formula is C12H11Cl2NO2S. The summed E-state index contributed by atoms with van der Waals surface area (Å²) in [4.78, 5) is 21.5. The minimum atomic E-state index is -0.442. The first kappa shape index (κ1) is 15.2. The number of thioether (sulfide) groups is 1. The fraction of sp³-hybridized carbons (Fsp3) is 0.167. The Morgan fingerprint density at radius 3 is 2.39 bits per heavy atom. The molecule has 1 aromatic carbocycles. The first-order chi connectivity index (χ1) is 8.54. The van der Waals surface area contributed by atoms with Gasteiger partial charge in [-0.1, -0.05) is 35.8 Å². The van der Waals surface area contributed by atoms with Gasteiger partial charge in [-0.25, -0.2) is 0 Å². The quantitative estimate of drug-likeness (QED) is 0.674. The van der Waals surface area contributed by atoms with Gasteiger partial charge in [-0.05, 0) is 18.2 Å². The lowest BCUT2D eigenvalue weighted by molar-refractivity contribution is -0.130. The van der Waals surface area contributed by atoms with Crippen molar-refractivity contribution in [2.75, 3.05) is 5.88 Å². The molecule has 1 aliphatic rings. The molecule has 0 radical (unpaired) electrons. The minimum Gasteiger partial charge on any atom is -0.295 e. The number of halogens is 2. The zero-order valence-electron chi connectivity index (χ0n) is 9.36. The predicted molar refractivity (Wildman–Crippen MR) is 76.1 cm³/mol. The van der Waals surface area contributed by atoms with E-state index in [2.05, 4.69) is 11.9 Å². The zero-order valence-corrected chi connectivity index (χ0v) is 11.7. The largest absolute Gasteiger partial charge is 0.295 e. The highest BCUT2D eigenvalue weighted by molar-refractivity contribution is 8.03. The SMILES string of the molecule is C=C1SCNC1C(=O)C=O.Clc1cccc(Cl)c1. The number of carbonyl (C=O) groups excluding carboxylic acids is 2. The van der Waals surface area contributed by atoms with Crippen molar-refractivity contribution in [1.82, 2.24) is 5.32 Å². The fourth-order valence-corrected chi connectivity index (χ4v) is 2.44. The summed E-state index contributed by atoms with van der Waals surface area (Å²) in [7, 11) is 0. The van der Waals surface area contributed by atoms with E-state index in [1.165, 1.54) is 11.8 Å². The Balaban J connectivity index is 0.000000184. The number of aldehydes is 1. The van der Waals surface area contributed by atoms with Crippen molar-refractivity contribution >= 4 is 47.0 Å². The highest BCUT2D eigenvalue weighted by atomic mass is 35.5. The van der Waals surface area contributed by atoms with Crippen molar-refractivity contribution in [2.24, 2.45) is 0 Å². The van der Waals surface area contributed by atoms with Crippen LogP contribution in [0.15, 0.2) is 35.7 Å². The maximum Gasteiger partial charge on any atom is 0.217 e. The average molecular weight is 304 g/mol. The molecule has 0 bridgehead atoms. The monoisotopic (exact) mass is 303 g/mol. The normalized spacial score (nSPS) is 17.9. The highest BCUT2D eigenvalue weighted by Gasteiger charge is 2.25. The molecule has 1 saturated heterocycles. The summed E-state index contributed by atoms with van der Waals surface area (Å²) < 4.78 is 0. The van der Waals surface area contributed by atoms with Crippen molar-refractivity contribution in [3.8, 4) is 0 Å². The smallest absolute Gasteiger partial charge is 0.217 e. The Morgan fingerprint density at radius 2 is 2.06 bits per heavy atom. The summed E-state index contributed by atoms with van der Waals surface area (Å²) in [5.74, 6) is 0.235. The van der Waals surface area contributed by atoms with Gasteiger partial charge >= 0.3 is 0 Å². The van der Waals surface area contributed by atoms with Crippen LogP contribution < -0.4 is 5.32 Å². The van der Waals surface area contributed by atoms with Gasteiger partial charge in [0.25, 0.3) is 0 Å². The second-order valence-electron chi connectivity index (χ2n) is 3.35. The number of nitrogens with one attached hydrogen (secondary N) is 1. The van der Waals surface area contributed by atoms with Crippen LogP contribution in [0, 0.1) is 0 Å². The van der Waals surface area contributed by atoms with Crippen LogP contribution in [0.3, 0.4) is 0 Å².